The lowest BCUT2D eigenvalue weighted by atomic mass is 10.2. The highest BCUT2D eigenvalue weighted by Crippen LogP contribution is 2.35. The summed E-state index contributed by atoms with van der Waals surface area (Å²) in [6.07, 6.45) is 2.63. The Labute approximate surface area is 143 Å². The predicted molar refractivity (Wildman–Crippen MR) is 95.5 cm³/mol. The molecule has 0 aliphatic carbocycles. The fourth-order valence-electron chi connectivity index (χ4n) is 2.44. The molecule has 0 amide bonds. The summed E-state index contributed by atoms with van der Waals surface area (Å²) in [5.74, 6) is 0.724. The molecule has 3 aromatic rings. The quantitative estimate of drug-likeness (QED) is 0.677. The minimum Gasteiger partial charge on any atom is -0.385 e. The van der Waals surface area contributed by atoms with Crippen molar-refractivity contribution < 1.29 is 4.74 Å². The fourth-order valence-corrected chi connectivity index (χ4v) is 3.76. The number of rotatable bonds is 6. The van der Waals surface area contributed by atoms with Gasteiger partial charge in [0.25, 0.3) is 5.56 Å². The van der Waals surface area contributed by atoms with Crippen LogP contribution in [-0.4, -0.2) is 23.7 Å². The number of aromatic nitrogens is 2. The lowest BCUT2D eigenvalue weighted by molar-refractivity contribution is 0.193. The molecule has 2 aromatic heterocycles. The summed E-state index contributed by atoms with van der Waals surface area (Å²) in [6, 6.07) is 9.56. The summed E-state index contributed by atoms with van der Waals surface area (Å²) in [5.41, 5.74) is 1.58. The Balaban J connectivity index is 1.92. The molecule has 1 N–H and O–H groups in total. The average Bonchev–Trinajstić information content (AvgIpc) is 2.96. The standard InChI is InChI=1S/C17H17ClN2O2S/c1-22-9-5-4-8-15-19-13-10-14(23-16(13)17(21)20-15)11-6-2-3-7-12(11)18/h2-3,6-7,10H,4-5,8-9H2,1H3,(H,19,20,21). The third-order valence-electron chi connectivity index (χ3n) is 3.58. The topological polar surface area (TPSA) is 55.0 Å². The number of H-pyrrole nitrogens is 1. The Bertz CT molecular complexity index is 872. The molecule has 0 fully saturated rings. The normalized spacial score (nSPS) is 11.2. The number of hydrogen-bond acceptors (Lipinski definition) is 4. The van der Waals surface area contributed by atoms with Crippen molar-refractivity contribution in [2.45, 2.75) is 19.3 Å². The molecule has 0 spiro atoms. The van der Waals surface area contributed by atoms with Gasteiger partial charge in [0.15, 0.2) is 0 Å². The number of unbranched alkanes of at least 4 members (excludes halogenated alkanes) is 1. The Morgan fingerprint density at radius 2 is 2.13 bits per heavy atom. The molecule has 0 bridgehead atoms. The smallest absolute Gasteiger partial charge is 0.268 e. The number of methoxy groups -OCH3 is 1. The van der Waals surface area contributed by atoms with E-state index in [1.807, 2.05) is 30.3 Å². The van der Waals surface area contributed by atoms with E-state index in [1.54, 1.807) is 7.11 Å². The van der Waals surface area contributed by atoms with Crippen molar-refractivity contribution in [2.24, 2.45) is 0 Å². The zero-order valence-corrected chi connectivity index (χ0v) is 14.3. The van der Waals surface area contributed by atoms with Crippen LogP contribution in [0.1, 0.15) is 18.7 Å². The second-order valence-electron chi connectivity index (χ2n) is 5.27. The van der Waals surface area contributed by atoms with Crippen LogP contribution in [0.5, 0.6) is 0 Å². The number of halogens is 1. The van der Waals surface area contributed by atoms with Gasteiger partial charge in [0.2, 0.25) is 0 Å². The third kappa shape index (κ3) is 3.63. The summed E-state index contributed by atoms with van der Waals surface area (Å²) < 4.78 is 5.67. The highest BCUT2D eigenvalue weighted by Gasteiger charge is 2.12. The van der Waals surface area contributed by atoms with Crippen LogP contribution in [0.4, 0.5) is 0 Å². The molecular formula is C17H17ClN2O2S. The maximum absolute atomic E-state index is 12.3. The number of nitrogens with zero attached hydrogens (tertiary/aromatic N) is 1. The first-order valence-electron chi connectivity index (χ1n) is 7.45. The van der Waals surface area contributed by atoms with Crippen molar-refractivity contribution >= 4 is 33.2 Å². The number of benzene rings is 1. The number of aromatic amines is 1. The molecule has 0 aliphatic heterocycles. The number of aryl methyl sites for hydroxylation is 1. The van der Waals surface area contributed by atoms with E-state index in [9.17, 15) is 4.79 Å². The van der Waals surface area contributed by atoms with Gasteiger partial charge in [-0.05, 0) is 25.0 Å². The Morgan fingerprint density at radius 3 is 2.91 bits per heavy atom. The first kappa shape index (κ1) is 16.2. The van der Waals surface area contributed by atoms with Crippen LogP contribution in [0, 0.1) is 0 Å². The van der Waals surface area contributed by atoms with E-state index >= 15 is 0 Å². The molecule has 0 saturated heterocycles. The highest BCUT2D eigenvalue weighted by molar-refractivity contribution is 7.22. The molecule has 0 atom stereocenters. The van der Waals surface area contributed by atoms with Crippen molar-refractivity contribution in [1.29, 1.82) is 0 Å². The van der Waals surface area contributed by atoms with Crippen molar-refractivity contribution in [3.8, 4) is 10.4 Å². The van der Waals surface area contributed by atoms with Gasteiger partial charge in [-0.15, -0.1) is 11.3 Å². The summed E-state index contributed by atoms with van der Waals surface area (Å²) in [6.45, 7) is 0.724. The van der Waals surface area contributed by atoms with E-state index in [-0.39, 0.29) is 5.56 Å². The molecule has 2 heterocycles. The fraction of sp³-hybridized carbons (Fsp3) is 0.294. The number of thiophene rings is 1. The predicted octanol–water partition coefficient (Wildman–Crippen LogP) is 4.27. The van der Waals surface area contributed by atoms with Gasteiger partial charge >= 0.3 is 0 Å². The van der Waals surface area contributed by atoms with E-state index in [0.717, 1.165) is 47.7 Å². The number of fused-ring (bicyclic) bond motifs is 1. The molecule has 0 aliphatic rings. The van der Waals surface area contributed by atoms with Crippen molar-refractivity contribution in [3.05, 3.63) is 51.5 Å². The monoisotopic (exact) mass is 348 g/mol. The molecule has 1 aromatic carbocycles. The Hall–Kier alpha value is -1.69. The van der Waals surface area contributed by atoms with Crippen LogP contribution >= 0.6 is 22.9 Å². The number of hydrogen-bond donors (Lipinski definition) is 1. The van der Waals surface area contributed by atoms with Crippen LogP contribution in [0.3, 0.4) is 0 Å². The van der Waals surface area contributed by atoms with Gasteiger partial charge in [-0.3, -0.25) is 4.79 Å². The zero-order valence-electron chi connectivity index (χ0n) is 12.8. The van der Waals surface area contributed by atoms with E-state index in [4.69, 9.17) is 16.3 Å². The van der Waals surface area contributed by atoms with Crippen molar-refractivity contribution in [3.63, 3.8) is 0 Å². The van der Waals surface area contributed by atoms with Crippen molar-refractivity contribution in [1.82, 2.24) is 9.97 Å². The second-order valence-corrected chi connectivity index (χ2v) is 6.73. The van der Waals surface area contributed by atoms with Gasteiger partial charge < -0.3 is 9.72 Å². The van der Waals surface area contributed by atoms with Crippen LogP contribution in [0.2, 0.25) is 5.02 Å². The largest absolute Gasteiger partial charge is 0.385 e. The van der Waals surface area contributed by atoms with Crippen LogP contribution < -0.4 is 5.56 Å². The van der Waals surface area contributed by atoms with Crippen LogP contribution in [-0.2, 0) is 11.2 Å². The van der Waals surface area contributed by atoms with Crippen LogP contribution in [0.25, 0.3) is 20.7 Å². The SMILES string of the molecule is COCCCCc1nc2cc(-c3ccccc3Cl)sc2c(=O)[nH]1. The molecular weight excluding hydrogens is 332 g/mol. The lowest BCUT2D eigenvalue weighted by Gasteiger charge is -2.00. The maximum atomic E-state index is 12.3. The van der Waals surface area contributed by atoms with Gasteiger partial charge in [-0.2, -0.15) is 0 Å². The lowest BCUT2D eigenvalue weighted by Crippen LogP contribution is -2.10. The van der Waals surface area contributed by atoms with E-state index in [0.29, 0.717) is 9.72 Å². The van der Waals surface area contributed by atoms with E-state index < -0.39 is 0 Å². The maximum Gasteiger partial charge on any atom is 0.268 e. The van der Waals surface area contributed by atoms with E-state index in [1.165, 1.54) is 11.3 Å². The van der Waals surface area contributed by atoms with E-state index in [2.05, 4.69) is 9.97 Å². The molecule has 0 radical (unpaired) electrons. The number of ether oxygens (including phenoxy) is 1. The molecule has 23 heavy (non-hydrogen) atoms. The average molecular weight is 349 g/mol. The van der Waals surface area contributed by atoms with Gasteiger partial charge in [0.05, 0.1) is 5.52 Å². The summed E-state index contributed by atoms with van der Waals surface area (Å²) in [4.78, 5) is 20.7. The first-order valence-corrected chi connectivity index (χ1v) is 8.65. The Morgan fingerprint density at radius 1 is 1.30 bits per heavy atom. The third-order valence-corrected chi connectivity index (χ3v) is 5.07. The molecule has 6 heteroatoms. The molecule has 0 unspecified atom stereocenters. The summed E-state index contributed by atoms with van der Waals surface area (Å²) in [7, 11) is 1.69. The molecule has 120 valence electrons. The van der Waals surface area contributed by atoms with Crippen LogP contribution in [0.15, 0.2) is 35.1 Å². The first-order chi connectivity index (χ1) is 11.2. The molecule has 4 nitrogen and oxygen atoms in total. The summed E-state index contributed by atoms with van der Waals surface area (Å²) >= 11 is 7.67. The molecule has 0 saturated carbocycles. The van der Waals surface area contributed by atoms with Crippen molar-refractivity contribution in [2.75, 3.05) is 13.7 Å². The highest BCUT2D eigenvalue weighted by atomic mass is 35.5. The minimum atomic E-state index is -0.0833. The molecule has 3 rings (SSSR count). The van der Waals surface area contributed by atoms with Gasteiger partial charge in [0, 0.05) is 35.6 Å². The Kier molecular flexibility index (Phi) is 5.10. The van der Waals surface area contributed by atoms with Gasteiger partial charge in [-0.25, -0.2) is 4.98 Å². The van der Waals surface area contributed by atoms with Gasteiger partial charge in [-0.1, -0.05) is 29.8 Å². The summed E-state index contributed by atoms with van der Waals surface area (Å²) in [5, 5.41) is 0.676. The number of nitrogens with one attached hydrogen (secondary N) is 1. The minimum absolute atomic E-state index is 0.0833. The zero-order chi connectivity index (χ0) is 16.2. The van der Waals surface area contributed by atoms with Gasteiger partial charge in [0.1, 0.15) is 10.5 Å². The second kappa shape index (κ2) is 7.25.